The molecule has 1 aromatic rings. The van der Waals surface area contributed by atoms with Gasteiger partial charge in [0.25, 0.3) is 0 Å². The maximum absolute atomic E-state index is 3.69. The fourth-order valence-corrected chi connectivity index (χ4v) is 3.01. The van der Waals surface area contributed by atoms with Crippen LogP contribution < -0.4 is 5.32 Å². The Balaban J connectivity index is 1.76. The van der Waals surface area contributed by atoms with Crippen LogP contribution in [0.3, 0.4) is 0 Å². The monoisotopic (exact) mass is 270 g/mol. The summed E-state index contributed by atoms with van der Waals surface area (Å²) in [5, 5.41) is 3.69. The lowest BCUT2D eigenvalue weighted by Crippen LogP contribution is -2.27. The molecule has 1 N–H and O–H groups in total. The van der Waals surface area contributed by atoms with E-state index in [0.717, 1.165) is 0 Å². The molecule has 2 nitrogen and oxygen atoms in total. The molecule has 20 heavy (non-hydrogen) atoms. The van der Waals surface area contributed by atoms with Gasteiger partial charge in [-0.1, -0.05) is 26.0 Å². The number of rotatable bonds is 4. The lowest BCUT2D eigenvalue weighted by Gasteiger charge is -2.30. The zero-order valence-electron chi connectivity index (χ0n) is 12.8. The summed E-state index contributed by atoms with van der Waals surface area (Å²) in [5.41, 5.74) is 4.27. The Morgan fingerprint density at radius 1 is 1.00 bits per heavy atom. The fraction of sp³-hybridized carbons (Fsp3) is 0.556. The Kier molecular flexibility index (Phi) is 4.00. The van der Waals surface area contributed by atoms with Crippen molar-refractivity contribution < 1.29 is 0 Å². The van der Waals surface area contributed by atoms with E-state index >= 15 is 0 Å². The molecular formula is C18H26N2. The van der Waals surface area contributed by atoms with Gasteiger partial charge in [0.15, 0.2) is 0 Å². The van der Waals surface area contributed by atoms with Gasteiger partial charge in [-0.2, -0.15) is 0 Å². The smallest absolute Gasteiger partial charge is 0.105 e. The van der Waals surface area contributed by atoms with Gasteiger partial charge in [0.2, 0.25) is 0 Å². The summed E-state index contributed by atoms with van der Waals surface area (Å²) in [6.07, 6.45) is 6.60. The van der Waals surface area contributed by atoms with Gasteiger partial charge >= 0.3 is 0 Å². The summed E-state index contributed by atoms with van der Waals surface area (Å²) in [6.45, 7) is 6.93. The molecule has 0 atom stereocenters. The van der Waals surface area contributed by atoms with Gasteiger partial charge in [0, 0.05) is 18.8 Å². The molecule has 1 aliphatic carbocycles. The van der Waals surface area contributed by atoms with Gasteiger partial charge in [0.05, 0.1) is 0 Å². The van der Waals surface area contributed by atoms with Crippen LogP contribution in [0.4, 0.5) is 5.69 Å². The first-order chi connectivity index (χ1) is 9.74. The maximum Gasteiger partial charge on any atom is 0.105 e. The van der Waals surface area contributed by atoms with Crippen molar-refractivity contribution in [3.8, 4) is 0 Å². The van der Waals surface area contributed by atoms with Crippen LogP contribution in [0, 0.1) is 0 Å². The van der Waals surface area contributed by atoms with Gasteiger partial charge in [-0.3, -0.25) is 0 Å². The normalized spacial score (nSPS) is 18.4. The fourth-order valence-electron chi connectivity index (χ4n) is 3.01. The lowest BCUT2D eigenvalue weighted by molar-refractivity contribution is 0.412. The lowest BCUT2D eigenvalue weighted by atomic mass is 9.92. The highest BCUT2D eigenvalue weighted by Gasteiger charge is 2.22. The molecule has 1 aromatic carbocycles. The van der Waals surface area contributed by atoms with Crippen molar-refractivity contribution in [2.75, 3.05) is 18.4 Å². The first-order valence-corrected chi connectivity index (χ1v) is 8.08. The van der Waals surface area contributed by atoms with E-state index in [2.05, 4.69) is 48.3 Å². The highest BCUT2D eigenvalue weighted by atomic mass is 15.3. The average Bonchev–Trinajstić information content (AvgIpc) is 2.90. The molecule has 108 valence electrons. The third-order valence-electron chi connectivity index (χ3n) is 4.55. The van der Waals surface area contributed by atoms with Crippen molar-refractivity contribution in [3.63, 3.8) is 0 Å². The minimum atomic E-state index is 0.604. The summed E-state index contributed by atoms with van der Waals surface area (Å²) in [6, 6.07) is 8.95. The molecule has 0 aromatic heterocycles. The summed E-state index contributed by atoms with van der Waals surface area (Å²) in [5.74, 6) is 2.01. The molecule has 0 bridgehead atoms. The molecule has 1 aliphatic heterocycles. The molecule has 1 saturated heterocycles. The van der Waals surface area contributed by atoms with E-state index in [9.17, 15) is 0 Å². The van der Waals surface area contributed by atoms with E-state index in [1.807, 2.05) is 0 Å². The van der Waals surface area contributed by atoms with E-state index in [4.69, 9.17) is 0 Å². The third kappa shape index (κ3) is 2.84. The number of benzene rings is 1. The Labute approximate surface area is 122 Å². The van der Waals surface area contributed by atoms with Crippen molar-refractivity contribution >= 4 is 5.69 Å². The van der Waals surface area contributed by atoms with Crippen LogP contribution in [0.1, 0.15) is 57.4 Å². The van der Waals surface area contributed by atoms with Crippen LogP contribution in [-0.4, -0.2) is 18.0 Å². The molecule has 2 aliphatic rings. The number of allylic oxidation sites excluding steroid dienone is 1. The second-order valence-electron chi connectivity index (χ2n) is 6.40. The van der Waals surface area contributed by atoms with Crippen LogP contribution in [0.5, 0.6) is 0 Å². The van der Waals surface area contributed by atoms with Crippen molar-refractivity contribution in [2.45, 2.75) is 51.9 Å². The summed E-state index contributed by atoms with van der Waals surface area (Å²) < 4.78 is 0. The number of hydrogen-bond donors (Lipinski definition) is 1. The zero-order chi connectivity index (χ0) is 13.9. The van der Waals surface area contributed by atoms with Gasteiger partial charge in [-0.15, -0.1) is 0 Å². The van der Waals surface area contributed by atoms with Gasteiger partial charge < -0.3 is 10.2 Å². The Hall–Kier alpha value is -1.44. The van der Waals surface area contributed by atoms with Crippen molar-refractivity contribution in [3.05, 3.63) is 41.2 Å². The molecule has 2 fully saturated rings. The summed E-state index contributed by atoms with van der Waals surface area (Å²) >= 11 is 0. The zero-order valence-corrected chi connectivity index (χ0v) is 12.8. The Bertz CT molecular complexity index is 473. The number of hydrogen-bond acceptors (Lipinski definition) is 2. The van der Waals surface area contributed by atoms with Crippen LogP contribution in [0.2, 0.25) is 0 Å². The average molecular weight is 270 g/mol. The number of nitrogens with zero attached hydrogens (tertiary/aromatic N) is 1. The first kappa shape index (κ1) is 13.5. The van der Waals surface area contributed by atoms with Crippen LogP contribution in [0.25, 0.3) is 0 Å². The van der Waals surface area contributed by atoms with Gasteiger partial charge in [0.1, 0.15) is 5.82 Å². The molecule has 0 radical (unpaired) electrons. The van der Waals surface area contributed by atoms with E-state index in [-0.39, 0.29) is 0 Å². The molecule has 0 unspecified atom stereocenters. The standard InChI is InChI=1S/C18H26N2/c1-14(2)15-8-10-17(11-9-15)19-18(16-6-5-7-16)20-12-3-4-13-20/h8-11,14,19H,3-7,12-13H2,1-2H3. The topological polar surface area (TPSA) is 15.3 Å². The minimum absolute atomic E-state index is 0.604. The predicted molar refractivity (Wildman–Crippen MR) is 85.8 cm³/mol. The van der Waals surface area contributed by atoms with E-state index in [1.165, 1.54) is 62.3 Å². The Morgan fingerprint density at radius 3 is 2.15 bits per heavy atom. The maximum atomic E-state index is 3.69. The first-order valence-electron chi connectivity index (χ1n) is 8.08. The molecule has 1 saturated carbocycles. The second kappa shape index (κ2) is 5.90. The van der Waals surface area contributed by atoms with Crippen molar-refractivity contribution in [1.82, 2.24) is 4.90 Å². The van der Waals surface area contributed by atoms with E-state index < -0.39 is 0 Å². The number of anilines is 1. The molecule has 2 heteroatoms. The predicted octanol–water partition coefficient (Wildman–Crippen LogP) is 4.71. The van der Waals surface area contributed by atoms with Crippen LogP contribution in [0.15, 0.2) is 35.7 Å². The molecule has 1 heterocycles. The quantitative estimate of drug-likeness (QED) is 0.852. The molecule has 0 amide bonds. The van der Waals surface area contributed by atoms with Gasteiger partial charge in [-0.05, 0) is 61.3 Å². The highest BCUT2D eigenvalue weighted by Crippen LogP contribution is 2.32. The largest absolute Gasteiger partial charge is 0.358 e. The Morgan fingerprint density at radius 2 is 1.65 bits per heavy atom. The van der Waals surface area contributed by atoms with Gasteiger partial charge in [-0.25, -0.2) is 0 Å². The number of nitrogens with one attached hydrogen (secondary N) is 1. The summed E-state index contributed by atoms with van der Waals surface area (Å²) in [7, 11) is 0. The molecule has 3 rings (SSSR count). The van der Waals surface area contributed by atoms with Crippen molar-refractivity contribution in [1.29, 1.82) is 0 Å². The SMILES string of the molecule is CC(C)c1ccc(NC(=C2CCC2)N2CCCC2)cc1. The van der Waals surface area contributed by atoms with Crippen LogP contribution in [-0.2, 0) is 0 Å². The summed E-state index contributed by atoms with van der Waals surface area (Å²) in [4.78, 5) is 2.55. The van der Waals surface area contributed by atoms with E-state index in [0.29, 0.717) is 5.92 Å². The second-order valence-corrected chi connectivity index (χ2v) is 6.40. The number of likely N-dealkylation sites (tertiary alicyclic amines) is 1. The third-order valence-corrected chi connectivity index (χ3v) is 4.55. The van der Waals surface area contributed by atoms with E-state index in [1.54, 1.807) is 5.57 Å². The van der Waals surface area contributed by atoms with Crippen molar-refractivity contribution in [2.24, 2.45) is 0 Å². The minimum Gasteiger partial charge on any atom is -0.358 e. The molecular weight excluding hydrogens is 244 g/mol. The molecule has 0 spiro atoms. The van der Waals surface area contributed by atoms with Crippen LogP contribution >= 0.6 is 0 Å². The highest BCUT2D eigenvalue weighted by molar-refractivity contribution is 5.50.